The van der Waals surface area contributed by atoms with Gasteiger partial charge < -0.3 is 43.0 Å². The van der Waals surface area contributed by atoms with Gasteiger partial charge in [-0.25, -0.2) is 0 Å². The second kappa shape index (κ2) is 20.5. The number of carbonyl (C=O) groups is 2. The number of carboxylic acid groups (broad SMARTS) is 2. The number of aliphatic carboxylic acids is 2. The third kappa shape index (κ3) is 11.2. The molecule has 0 aromatic rings. The second-order valence-electron chi connectivity index (χ2n) is 10.2. The van der Waals surface area contributed by atoms with Gasteiger partial charge in [0.1, 0.15) is 0 Å². The monoisotopic (exact) mass is 713 g/mol. The van der Waals surface area contributed by atoms with Crippen molar-refractivity contribution in [3.8, 4) is 0 Å². The first-order chi connectivity index (χ1) is 18.7. The number of carboxylic acids is 2. The molecule has 0 amide bonds. The zero-order valence-corrected chi connectivity index (χ0v) is 27.3. The van der Waals surface area contributed by atoms with Crippen molar-refractivity contribution in [2.75, 3.05) is 26.4 Å². The Bertz CT molecular complexity index is 736. The molecular weight excluding hydrogens is 662 g/mol. The van der Waals surface area contributed by atoms with Crippen LogP contribution in [0.4, 0.5) is 0 Å². The van der Waals surface area contributed by atoms with Gasteiger partial charge in [0.15, 0.2) is 11.6 Å². The van der Waals surface area contributed by atoms with Crippen molar-refractivity contribution in [2.24, 2.45) is 41.4 Å². The van der Waals surface area contributed by atoms with Gasteiger partial charge in [0.25, 0.3) is 11.9 Å². The van der Waals surface area contributed by atoms with Crippen LogP contribution in [0, 0.1) is 55.3 Å². The molecule has 2 saturated heterocycles. The maximum atomic E-state index is 9.00. The summed E-state index contributed by atoms with van der Waals surface area (Å²) in [5, 5.41) is 14.8. The molecule has 2 N–H and O–H groups in total. The quantitative estimate of drug-likeness (QED) is 0.209. The molecule has 0 aromatic heterocycles. The average molecular weight is 714 g/mol. The number of fused-ring (bicyclic) bond motifs is 4. The van der Waals surface area contributed by atoms with Crippen LogP contribution in [0.3, 0.4) is 0 Å². The van der Waals surface area contributed by atoms with Crippen LogP contribution in [0.25, 0.3) is 0 Å². The minimum atomic E-state index is -0.833. The summed E-state index contributed by atoms with van der Waals surface area (Å²) in [6.07, 6.45) is 9.94. The van der Waals surface area contributed by atoms with Crippen molar-refractivity contribution >= 4 is 11.9 Å². The molecule has 2 heterocycles. The van der Waals surface area contributed by atoms with E-state index in [0.29, 0.717) is 11.8 Å². The van der Waals surface area contributed by atoms with Crippen LogP contribution in [0.2, 0.25) is 0 Å². The van der Waals surface area contributed by atoms with E-state index in [-0.39, 0.29) is 37.6 Å². The molecule has 0 unspecified atom stereocenters. The van der Waals surface area contributed by atoms with Gasteiger partial charge in [-0.1, -0.05) is 13.5 Å². The first kappa shape index (κ1) is 42.7. The number of rotatable bonds is 2. The SMILES string of the molecule is C.C1COC2(CC[C@@H]3[C@H](C4CC4)[C@@H]32)O1.C=C[C@H]1[C@H]2CCC3(OCCO3)[C@@H]12.CC(=O)O.CC(=O)O.[CH2-]C.[CH2-]C.[O]=[Pd].[V]. The maximum Gasteiger partial charge on any atom is 0 e. The number of hydrogen-bond acceptors (Lipinski definition) is 7. The molecular formula is C30H52O9PdV-2. The van der Waals surface area contributed by atoms with Crippen LogP contribution in [0.1, 0.15) is 73.6 Å². The van der Waals surface area contributed by atoms with Gasteiger partial charge in [-0.05, 0) is 55.3 Å². The molecule has 7 rings (SSSR count). The summed E-state index contributed by atoms with van der Waals surface area (Å²) in [6.45, 7) is 19.3. The third-order valence-corrected chi connectivity index (χ3v) is 8.12. The smallest absolute Gasteiger partial charge is 0 e. The summed E-state index contributed by atoms with van der Waals surface area (Å²) >= 11 is 1.50. The Balaban J connectivity index is 0. The van der Waals surface area contributed by atoms with Crippen molar-refractivity contribution in [2.45, 2.75) is 85.2 Å². The molecule has 9 nitrogen and oxygen atoms in total. The van der Waals surface area contributed by atoms with E-state index in [1.807, 2.05) is 0 Å². The molecule has 2 spiro atoms. The summed E-state index contributed by atoms with van der Waals surface area (Å²) in [5.41, 5.74) is 0. The predicted octanol–water partition coefficient (Wildman–Crippen LogP) is 5.74. The largest absolute Gasteiger partial charge is 0 e. The third-order valence-electron chi connectivity index (χ3n) is 8.12. The molecule has 11 heteroatoms. The van der Waals surface area contributed by atoms with Gasteiger partial charge in [0.2, 0.25) is 0 Å². The van der Waals surface area contributed by atoms with Gasteiger partial charge in [-0.2, -0.15) is 13.8 Å². The molecule has 0 aromatic carbocycles. The Morgan fingerprint density at radius 2 is 1.12 bits per heavy atom. The fourth-order valence-electron chi connectivity index (χ4n) is 6.91. The van der Waals surface area contributed by atoms with E-state index in [4.69, 9.17) is 42.2 Å². The van der Waals surface area contributed by atoms with E-state index in [1.165, 1.54) is 51.3 Å². The van der Waals surface area contributed by atoms with Crippen molar-refractivity contribution in [1.29, 1.82) is 0 Å². The van der Waals surface area contributed by atoms with Crippen LogP contribution >= 0.6 is 0 Å². The Kier molecular flexibility index (Phi) is 21.4. The van der Waals surface area contributed by atoms with Gasteiger partial charge in [-0.3, -0.25) is 9.59 Å². The molecule has 1 radical (unpaired) electrons. The Morgan fingerprint density at radius 1 is 0.780 bits per heavy atom. The van der Waals surface area contributed by atoms with Crippen LogP contribution in [-0.2, 0) is 69.7 Å². The molecule has 2 aliphatic heterocycles. The first-order valence-electron chi connectivity index (χ1n) is 13.9. The maximum absolute atomic E-state index is 9.00. The van der Waals surface area contributed by atoms with E-state index in [2.05, 4.69) is 26.5 Å². The first-order valence-corrected chi connectivity index (χ1v) is 14.5. The minimum Gasteiger partial charge on any atom is 0 e. The molecule has 0 bridgehead atoms. The fraction of sp³-hybridized carbons (Fsp3) is 0.800. The van der Waals surface area contributed by atoms with Crippen LogP contribution in [0.5, 0.6) is 0 Å². The Hall–Kier alpha value is -0.433. The zero-order valence-electron chi connectivity index (χ0n) is 24.3. The molecule has 5 saturated carbocycles. The summed E-state index contributed by atoms with van der Waals surface area (Å²) in [7, 11) is 0. The van der Waals surface area contributed by atoms with Gasteiger partial charge in [0.05, 0.1) is 26.4 Å². The zero-order chi connectivity index (χ0) is 29.8. The predicted molar refractivity (Wildman–Crippen MR) is 148 cm³/mol. The van der Waals surface area contributed by atoms with Gasteiger partial charge in [-0.15, -0.1) is 6.58 Å². The molecule has 41 heavy (non-hydrogen) atoms. The number of allylic oxidation sites excluding steroid dienone is 1. The number of ether oxygens (including phenoxy) is 4. The van der Waals surface area contributed by atoms with E-state index in [0.717, 1.165) is 76.3 Å². The standard InChI is InChI=1S/C11H16O2.C10H14O2.2C2H4O2.2C2H5.CH4.O.Pd.V/c1-2-7(1)9-8-3-4-11(10(8)9)12-5-6-13-11;1-2-7-8-3-4-10(9(7)8)11-5-6-12-10;2*1-2(3)4;2*1-2;;;;/h7-10H,1-6H2;2,7-9H,1,3-6H2;2*1H3,(H,3,4);2*1H2,2H3;1H4;;;/q;;;;2*-1;;;;/t8-,9+,10-;7-,8+,9-;;;;;;;;/m10......../s1. The van der Waals surface area contributed by atoms with Crippen molar-refractivity contribution < 1.29 is 79.9 Å². The van der Waals surface area contributed by atoms with E-state index in [9.17, 15) is 0 Å². The molecule has 243 valence electrons. The summed E-state index contributed by atoms with van der Waals surface area (Å²) < 4.78 is 31.2. The fourth-order valence-corrected chi connectivity index (χ4v) is 6.91. The normalized spacial score (nSPS) is 31.9. The van der Waals surface area contributed by atoms with Crippen LogP contribution in [0.15, 0.2) is 12.7 Å². The van der Waals surface area contributed by atoms with Crippen molar-refractivity contribution in [1.82, 2.24) is 0 Å². The molecule has 6 atom stereocenters. The van der Waals surface area contributed by atoms with Gasteiger partial charge in [0, 0.05) is 57.1 Å². The van der Waals surface area contributed by atoms with E-state index < -0.39 is 11.9 Å². The number of hydrogen-bond donors (Lipinski definition) is 2. The molecule has 5 aliphatic carbocycles. The van der Waals surface area contributed by atoms with E-state index >= 15 is 0 Å². The Labute approximate surface area is 270 Å². The topological polar surface area (TPSA) is 129 Å². The van der Waals surface area contributed by atoms with E-state index in [1.54, 1.807) is 13.8 Å². The minimum absolute atomic E-state index is 0. The second-order valence-corrected chi connectivity index (χ2v) is 10.2. The van der Waals surface area contributed by atoms with Gasteiger partial charge >= 0.3 is 22.6 Å². The summed E-state index contributed by atoms with van der Waals surface area (Å²) in [5.74, 6) is 4.02. The molecule has 7 fully saturated rings. The summed E-state index contributed by atoms with van der Waals surface area (Å²) in [6, 6.07) is 0. The summed E-state index contributed by atoms with van der Waals surface area (Å²) in [4.78, 5) is 18.0. The van der Waals surface area contributed by atoms with Crippen LogP contribution < -0.4 is 0 Å². The average Bonchev–Trinajstić information content (AvgIpc) is 3.87. The van der Waals surface area contributed by atoms with Crippen LogP contribution in [-0.4, -0.2) is 60.2 Å². The van der Waals surface area contributed by atoms with Crippen molar-refractivity contribution in [3.05, 3.63) is 26.5 Å². The Morgan fingerprint density at radius 3 is 1.44 bits per heavy atom. The van der Waals surface area contributed by atoms with Crippen molar-refractivity contribution in [3.63, 3.8) is 0 Å². The molecule has 7 aliphatic rings.